The quantitative estimate of drug-likeness (QED) is 0.688. The van der Waals surface area contributed by atoms with Crippen molar-refractivity contribution in [3.63, 3.8) is 0 Å². The number of fused-ring (bicyclic) bond motifs is 1. The fourth-order valence-corrected chi connectivity index (χ4v) is 2.13. The molecule has 112 valence electrons. The highest BCUT2D eigenvalue weighted by atomic mass is 16.4. The summed E-state index contributed by atoms with van der Waals surface area (Å²) < 4.78 is 7.35. The van der Waals surface area contributed by atoms with Crippen molar-refractivity contribution in [2.75, 3.05) is 5.32 Å². The van der Waals surface area contributed by atoms with Gasteiger partial charge in [0.2, 0.25) is 0 Å². The molecule has 3 heterocycles. The maximum absolute atomic E-state index is 11.3. The number of furan rings is 1. The molecule has 8 heteroatoms. The van der Waals surface area contributed by atoms with E-state index < -0.39 is 12.1 Å². The van der Waals surface area contributed by atoms with E-state index in [0.29, 0.717) is 18.0 Å². The van der Waals surface area contributed by atoms with Crippen LogP contribution in [0.3, 0.4) is 0 Å². The lowest BCUT2D eigenvalue weighted by Crippen LogP contribution is -2.32. The normalized spacial score (nSPS) is 10.5. The van der Waals surface area contributed by atoms with Crippen LogP contribution in [0, 0.1) is 0 Å². The van der Waals surface area contributed by atoms with Crippen molar-refractivity contribution < 1.29 is 19.1 Å². The second-order valence-corrected chi connectivity index (χ2v) is 4.56. The molecule has 0 radical (unpaired) electrons. The van der Waals surface area contributed by atoms with E-state index in [9.17, 15) is 9.59 Å². The third-order valence-corrected chi connectivity index (χ3v) is 3.03. The average Bonchev–Trinajstić information content (AvgIpc) is 3.06. The van der Waals surface area contributed by atoms with E-state index in [1.165, 1.54) is 6.26 Å². The number of amides is 3. The zero-order valence-electron chi connectivity index (χ0n) is 11.3. The molecule has 0 aliphatic rings. The Kier molecular flexibility index (Phi) is 3.48. The lowest BCUT2D eigenvalue weighted by Gasteiger charge is -2.02. The van der Waals surface area contributed by atoms with Gasteiger partial charge in [0.05, 0.1) is 17.7 Å². The highest BCUT2D eigenvalue weighted by Crippen LogP contribution is 2.18. The van der Waals surface area contributed by atoms with Crippen molar-refractivity contribution >= 4 is 28.7 Å². The SMILES string of the molecule is O=C(O)NC(=O)Nc1coc(Cn2ccc3cnccc32)c1. The average molecular weight is 300 g/mol. The zero-order valence-corrected chi connectivity index (χ0v) is 11.3. The van der Waals surface area contributed by atoms with Gasteiger partial charge in [0, 0.05) is 30.0 Å². The summed E-state index contributed by atoms with van der Waals surface area (Å²) in [6, 6.07) is 4.65. The van der Waals surface area contributed by atoms with Crippen molar-refractivity contribution in [1.82, 2.24) is 14.9 Å². The Balaban J connectivity index is 1.72. The van der Waals surface area contributed by atoms with Gasteiger partial charge in [-0.15, -0.1) is 0 Å². The number of hydrogen-bond acceptors (Lipinski definition) is 4. The number of carbonyl (C=O) groups is 2. The summed E-state index contributed by atoms with van der Waals surface area (Å²) in [5, 5.41) is 13.5. The maximum atomic E-state index is 11.3. The van der Waals surface area contributed by atoms with Gasteiger partial charge in [-0.25, -0.2) is 14.9 Å². The molecular weight excluding hydrogens is 288 g/mol. The highest BCUT2D eigenvalue weighted by molar-refractivity contribution is 5.98. The minimum atomic E-state index is -1.42. The number of urea groups is 1. The first-order valence-corrected chi connectivity index (χ1v) is 6.39. The smallest absolute Gasteiger partial charge is 0.412 e. The standard InChI is InChI=1S/C14H12N4O4/c19-13(17-14(20)21)16-10-5-11(22-8-10)7-18-4-2-9-6-15-3-1-12(9)18/h1-6,8H,7H2,(H,20,21)(H2,16,17,19). The summed E-state index contributed by atoms with van der Waals surface area (Å²) in [4.78, 5) is 25.7. The summed E-state index contributed by atoms with van der Waals surface area (Å²) in [7, 11) is 0. The number of nitrogens with zero attached hydrogens (tertiary/aromatic N) is 2. The lowest BCUT2D eigenvalue weighted by molar-refractivity contribution is 0.194. The molecule has 8 nitrogen and oxygen atoms in total. The van der Waals surface area contributed by atoms with E-state index in [1.54, 1.807) is 23.8 Å². The molecule has 3 N–H and O–H groups in total. The van der Waals surface area contributed by atoms with E-state index in [-0.39, 0.29) is 0 Å². The van der Waals surface area contributed by atoms with E-state index >= 15 is 0 Å². The third-order valence-electron chi connectivity index (χ3n) is 3.03. The number of hydrogen-bond donors (Lipinski definition) is 3. The number of rotatable bonds is 3. The first-order valence-electron chi connectivity index (χ1n) is 6.39. The van der Waals surface area contributed by atoms with Gasteiger partial charge >= 0.3 is 12.1 Å². The van der Waals surface area contributed by atoms with Crippen LogP contribution in [0.5, 0.6) is 0 Å². The Labute approximate surface area is 124 Å². The Morgan fingerprint density at radius 3 is 3.05 bits per heavy atom. The van der Waals surface area contributed by atoms with Crippen LogP contribution in [-0.2, 0) is 6.54 Å². The molecule has 3 aromatic heterocycles. The zero-order chi connectivity index (χ0) is 15.5. The fourth-order valence-electron chi connectivity index (χ4n) is 2.13. The number of carboxylic acid groups (broad SMARTS) is 1. The minimum absolute atomic E-state index is 0.381. The van der Waals surface area contributed by atoms with Gasteiger partial charge in [-0.05, 0) is 12.1 Å². The molecule has 0 aromatic carbocycles. The minimum Gasteiger partial charge on any atom is -0.465 e. The van der Waals surface area contributed by atoms with Crippen molar-refractivity contribution in [1.29, 1.82) is 0 Å². The van der Waals surface area contributed by atoms with Gasteiger partial charge in [0.25, 0.3) is 0 Å². The predicted octanol–water partition coefficient (Wildman–Crippen LogP) is 2.48. The van der Waals surface area contributed by atoms with Crippen LogP contribution in [0.1, 0.15) is 5.76 Å². The monoisotopic (exact) mass is 300 g/mol. The number of imide groups is 1. The fraction of sp³-hybridized carbons (Fsp3) is 0.0714. The number of nitrogens with one attached hydrogen (secondary N) is 2. The van der Waals surface area contributed by atoms with Gasteiger partial charge in [-0.2, -0.15) is 0 Å². The summed E-state index contributed by atoms with van der Waals surface area (Å²) in [6.07, 6.45) is 5.33. The topological polar surface area (TPSA) is 109 Å². The van der Waals surface area contributed by atoms with Crippen LogP contribution < -0.4 is 10.6 Å². The molecule has 0 aliphatic carbocycles. The number of pyridine rings is 1. The van der Waals surface area contributed by atoms with Gasteiger partial charge in [0.15, 0.2) is 0 Å². The largest absolute Gasteiger partial charge is 0.465 e. The van der Waals surface area contributed by atoms with E-state index in [4.69, 9.17) is 9.52 Å². The second kappa shape index (κ2) is 5.60. The summed E-state index contributed by atoms with van der Waals surface area (Å²) in [5.74, 6) is 0.625. The summed E-state index contributed by atoms with van der Waals surface area (Å²) in [5.41, 5.74) is 1.40. The van der Waals surface area contributed by atoms with Gasteiger partial charge in [-0.3, -0.25) is 4.98 Å². The van der Waals surface area contributed by atoms with Crippen LogP contribution in [-0.4, -0.2) is 26.8 Å². The molecule has 3 aromatic rings. The van der Waals surface area contributed by atoms with Crippen LogP contribution >= 0.6 is 0 Å². The Hall–Kier alpha value is -3.29. The van der Waals surface area contributed by atoms with E-state index in [2.05, 4.69) is 10.3 Å². The second-order valence-electron chi connectivity index (χ2n) is 4.56. The molecule has 3 amide bonds. The molecule has 0 fully saturated rings. The number of carbonyl (C=O) groups excluding carboxylic acids is 1. The maximum Gasteiger partial charge on any atom is 0.412 e. The Morgan fingerprint density at radius 2 is 2.23 bits per heavy atom. The molecule has 0 spiro atoms. The Morgan fingerprint density at radius 1 is 1.36 bits per heavy atom. The van der Waals surface area contributed by atoms with Crippen LogP contribution in [0.25, 0.3) is 10.9 Å². The molecule has 0 unspecified atom stereocenters. The molecule has 0 saturated heterocycles. The molecule has 0 bridgehead atoms. The third kappa shape index (κ3) is 2.90. The molecule has 3 rings (SSSR count). The number of aromatic nitrogens is 2. The van der Waals surface area contributed by atoms with E-state index in [0.717, 1.165) is 10.9 Å². The number of anilines is 1. The van der Waals surface area contributed by atoms with Crippen molar-refractivity contribution in [2.45, 2.75) is 6.54 Å². The van der Waals surface area contributed by atoms with Crippen LogP contribution in [0.4, 0.5) is 15.3 Å². The van der Waals surface area contributed by atoms with Gasteiger partial charge < -0.3 is 19.4 Å². The molecule has 0 saturated carbocycles. The first-order chi connectivity index (χ1) is 10.6. The summed E-state index contributed by atoms with van der Waals surface area (Å²) in [6.45, 7) is 0.482. The van der Waals surface area contributed by atoms with E-state index in [1.807, 2.05) is 22.9 Å². The van der Waals surface area contributed by atoms with Crippen LogP contribution in [0.2, 0.25) is 0 Å². The van der Waals surface area contributed by atoms with Crippen LogP contribution in [0.15, 0.2) is 47.5 Å². The Bertz CT molecular complexity index is 836. The highest BCUT2D eigenvalue weighted by Gasteiger charge is 2.09. The van der Waals surface area contributed by atoms with Gasteiger partial charge in [0.1, 0.15) is 12.0 Å². The first kappa shape index (κ1) is 13.7. The molecule has 22 heavy (non-hydrogen) atoms. The lowest BCUT2D eigenvalue weighted by atomic mass is 10.3. The predicted molar refractivity (Wildman–Crippen MR) is 77.7 cm³/mol. The molecule has 0 atom stereocenters. The summed E-state index contributed by atoms with van der Waals surface area (Å²) >= 11 is 0. The van der Waals surface area contributed by atoms with Crippen molar-refractivity contribution in [3.8, 4) is 0 Å². The van der Waals surface area contributed by atoms with Crippen molar-refractivity contribution in [3.05, 3.63) is 48.8 Å². The molecule has 0 aliphatic heterocycles. The van der Waals surface area contributed by atoms with Gasteiger partial charge in [-0.1, -0.05) is 0 Å². The van der Waals surface area contributed by atoms with Crippen molar-refractivity contribution in [2.24, 2.45) is 0 Å². The molecular formula is C14H12N4O4.